The van der Waals surface area contributed by atoms with Gasteiger partial charge in [-0.1, -0.05) is 5.16 Å². The van der Waals surface area contributed by atoms with Crippen LogP contribution in [0.5, 0.6) is 0 Å². The van der Waals surface area contributed by atoms with Crippen molar-refractivity contribution in [2.75, 3.05) is 7.05 Å². The van der Waals surface area contributed by atoms with Crippen molar-refractivity contribution in [2.24, 2.45) is 0 Å². The highest BCUT2D eigenvalue weighted by Crippen LogP contribution is 2.25. The van der Waals surface area contributed by atoms with Gasteiger partial charge in [0.2, 0.25) is 0 Å². The molecule has 0 spiro atoms. The van der Waals surface area contributed by atoms with Gasteiger partial charge in [0.05, 0.1) is 6.54 Å². The number of amides is 1. The van der Waals surface area contributed by atoms with Crippen molar-refractivity contribution in [3.8, 4) is 0 Å². The molecule has 3 rings (SSSR count). The van der Waals surface area contributed by atoms with Gasteiger partial charge in [0.25, 0.3) is 5.91 Å². The van der Waals surface area contributed by atoms with Gasteiger partial charge in [-0.15, -0.1) is 0 Å². The van der Waals surface area contributed by atoms with Crippen molar-refractivity contribution in [2.45, 2.75) is 39.2 Å². The number of hydrogen-bond donors (Lipinski definition) is 1. The van der Waals surface area contributed by atoms with Crippen LogP contribution in [0.2, 0.25) is 0 Å². The first kappa shape index (κ1) is 15.3. The Morgan fingerprint density at radius 1 is 1.35 bits per heavy atom. The molecule has 1 aliphatic rings. The van der Waals surface area contributed by atoms with Crippen LogP contribution in [0.15, 0.2) is 15.0 Å². The summed E-state index contributed by atoms with van der Waals surface area (Å²) in [5, 5.41) is 13.0. The molecule has 1 amide bonds. The smallest absolute Gasteiger partial charge is 0.339 e. The number of aromatic nitrogens is 1. The third kappa shape index (κ3) is 2.86. The summed E-state index contributed by atoms with van der Waals surface area (Å²) in [6.07, 6.45) is 3.70. The second kappa shape index (κ2) is 5.91. The van der Waals surface area contributed by atoms with Gasteiger partial charge in [-0.05, 0) is 32.3 Å². The van der Waals surface area contributed by atoms with Gasteiger partial charge < -0.3 is 18.9 Å². The number of aromatic carboxylic acids is 1. The van der Waals surface area contributed by atoms with Gasteiger partial charge in [0.15, 0.2) is 5.69 Å². The fourth-order valence-electron chi connectivity index (χ4n) is 2.87. The summed E-state index contributed by atoms with van der Waals surface area (Å²) < 4.78 is 10.7. The third-order valence-electron chi connectivity index (χ3n) is 4.09. The van der Waals surface area contributed by atoms with Gasteiger partial charge >= 0.3 is 5.97 Å². The number of carboxylic acid groups (broad SMARTS) is 1. The van der Waals surface area contributed by atoms with E-state index >= 15 is 0 Å². The molecule has 1 aliphatic carbocycles. The SMILES string of the molecule is Cc1oc(CN(C)C(=O)c2noc3c2CCCC3)cc1C(=O)O. The minimum absolute atomic E-state index is 0.111. The van der Waals surface area contributed by atoms with Crippen LogP contribution in [0.25, 0.3) is 0 Å². The molecular weight excluding hydrogens is 300 g/mol. The Morgan fingerprint density at radius 3 is 2.78 bits per heavy atom. The average Bonchev–Trinajstić information content (AvgIpc) is 3.10. The summed E-state index contributed by atoms with van der Waals surface area (Å²) in [6, 6.07) is 1.44. The van der Waals surface area contributed by atoms with Crippen molar-refractivity contribution < 1.29 is 23.6 Å². The van der Waals surface area contributed by atoms with Crippen molar-refractivity contribution in [1.82, 2.24) is 10.1 Å². The predicted molar refractivity (Wildman–Crippen MR) is 79.3 cm³/mol. The van der Waals surface area contributed by atoms with Crippen molar-refractivity contribution in [1.29, 1.82) is 0 Å². The minimum Gasteiger partial charge on any atom is -0.478 e. The molecule has 0 saturated heterocycles. The third-order valence-corrected chi connectivity index (χ3v) is 4.09. The van der Waals surface area contributed by atoms with E-state index in [-0.39, 0.29) is 18.0 Å². The lowest BCUT2D eigenvalue weighted by atomic mass is 9.96. The van der Waals surface area contributed by atoms with E-state index in [9.17, 15) is 9.59 Å². The zero-order valence-corrected chi connectivity index (χ0v) is 13.1. The van der Waals surface area contributed by atoms with E-state index in [0.29, 0.717) is 17.2 Å². The lowest BCUT2D eigenvalue weighted by Crippen LogP contribution is -2.27. The largest absolute Gasteiger partial charge is 0.478 e. The number of carbonyl (C=O) groups is 2. The maximum atomic E-state index is 12.6. The summed E-state index contributed by atoms with van der Waals surface area (Å²) in [5.74, 6) is 0.259. The summed E-state index contributed by atoms with van der Waals surface area (Å²) in [6.45, 7) is 1.76. The van der Waals surface area contributed by atoms with E-state index in [4.69, 9.17) is 14.0 Å². The van der Waals surface area contributed by atoms with Gasteiger partial charge in [-0.3, -0.25) is 4.79 Å². The molecule has 122 valence electrons. The quantitative estimate of drug-likeness (QED) is 0.930. The number of carbonyl (C=O) groups excluding carboxylic acids is 1. The van der Waals surface area contributed by atoms with Crippen LogP contribution < -0.4 is 0 Å². The molecule has 0 aromatic carbocycles. The van der Waals surface area contributed by atoms with Gasteiger partial charge in [0, 0.05) is 19.0 Å². The van der Waals surface area contributed by atoms with E-state index in [1.54, 1.807) is 14.0 Å². The maximum absolute atomic E-state index is 12.6. The fourth-order valence-corrected chi connectivity index (χ4v) is 2.87. The van der Waals surface area contributed by atoms with Crippen molar-refractivity contribution in [3.63, 3.8) is 0 Å². The Morgan fingerprint density at radius 2 is 2.09 bits per heavy atom. The summed E-state index contributed by atoms with van der Waals surface area (Å²) in [5.41, 5.74) is 1.36. The molecule has 7 heteroatoms. The molecule has 23 heavy (non-hydrogen) atoms. The van der Waals surface area contributed by atoms with Gasteiger partial charge in [0.1, 0.15) is 22.8 Å². The molecule has 0 saturated carbocycles. The Bertz CT molecular complexity index is 759. The molecular formula is C16H18N2O5. The van der Waals surface area contributed by atoms with Crippen LogP contribution in [0, 0.1) is 6.92 Å². The molecule has 0 bridgehead atoms. The van der Waals surface area contributed by atoms with Crippen molar-refractivity contribution >= 4 is 11.9 Å². The van der Waals surface area contributed by atoms with E-state index in [1.807, 2.05) is 0 Å². The van der Waals surface area contributed by atoms with Crippen LogP contribution in [0.4, 0.5) is 0 Å². The highest BCUT2D eigenvalue weighted by Gasteiger charge is 2.26. The van der Waals surface area contributed by atoms with Gasteiger partial charge in [-0.2, -0.15) is 0 Å². The first-order chi connectivity index (χ1) is 11.0. The Labute approximate surface area is 132 Å². The van der Waals surface area contributed by atoms with Crippen LogP contribution in [0.3, 0.4) is 0 Å². The second-order valence-electron chi connectivity index (χ2n) is 5.79. The highest BCUT2D eigenvalue weighted by atomic mass is 16.5. The van der Waals surface area contributed by atoms with E-state index in [1.165, 1.54) is 11.0 Å². The number of hydrogen-bond acceptors (Lipinski definition) is 5. The first-order valence-corrected chi connectivity index (χ1v) is 7.53. The second-order valence-corrected chi connectivity index (χ2v) is 5.79. The lowest BCUT2D eigenvalue weighted by Gasteiger charge is -2.15. The van der Waals surface area contributed by atoms with Crippen LogP contribution in [-0.2, 0) is 19.4 Å². The molecule has 7 nitrogen and oxygen atoms in total. The van der Waals surface area contributed by atoms with E-state index in [0.717, 1.165) is 37.0 Å². The Kier molecular flexibility index (Phi) is 3.94. The first-order valence-electron chi connectivity index (χ1n) is 7.53. The van der Waals surface area contributed by atoms with Crippen LogP contribution in [-0.4, -0.2) is 34.1 Å². The molecule has 0 atom stereocenters. The van der Waals surface area contributed by atoms with E-state index in [2.05, 4.69) is 5.16 Å². The number of rotatable bonds is 4. The molecule has 0 fully saturated rings. The number of fused-ring (bicyclic) bond motifs is 1. The molecule has 0 unspecified atom stereocenters. The molecule has 2 aromatic heterocycles. The topological polar surface area (TPSA) is 96.8 Å². The number of aryl methyl sites for hydroxylation is 2. The van der Waals surface area contributed by atoms with Crippen LogP contribution >= 0.6 is 0 Å². The minimum atomic E-state index is -1.04. The molecule has 0 radical (unpaired) electrons. The normalized spacial score (nSPS) is 13.7. The zero-order valence-electron chi connectivity index (χ0n) is 13.1. The van der Waals surface area contributed by atoms with E-state index < -0.39 is 5.97 Å². The average molecular weight is 318 g/mol. The number of nitrogens with zero attached hydrogens (tertiary/aromatic N) is 2. The predicted octanol–water partition coefficient (Wildman–Crippen LogP) is 2.43. The van der Waals surface area contributed by atoms with Crippen LogP contribution in [0.1, 0.15) is 56.5 Å². The summed E-state index contributed by atoms with van der Waals surface area (Å²) in [4.78, 5) is 25.0. The highest BCUT2D eigenvalue weighted by molar-refractivity contribution is 5.93. The number of furan rings is 1. The Hall–Kier alpha value is -2.57. The Balaban J connectivity index is 1.76. The lowest BCUT2D eigenvalue weighted by molar-refractivity contribution is 0.0694. The van der Waals surface area contributed by atoms with Gasteiger partial charge in [-0.25, -0.2) is 4.79 Å². The standard InChI is InChI=1S/C16H18N2O5/c1-9-12(16(20)21)7-10(22-9)8-18(2)15(19)14-11-5-3-4-6-13(11)23-17-14/h7H,3-6,8H2,1-2H3,(H,20,21). The monoisotopic (exact) mass is 318 g/mol. The molecule has 0 aliphatic heterocycles. The number of carboxylic acids is 1. The maximum Gasteiger partial charge on any atom is 0.339 e. The molecule has 2 aromatic rings. The summed E-state index contributed by atoms with van der Waals surface area (Å²) >= 11 is 0. The molecule has 1 N–H and O–H groups in total. The summed E-state index contributed by atoms with van der Waals surface area (Å²) in [7, 11) is 1.63. The zero-order chi connectivity index (χ0) is 16.6. The van der Waals surface area contributed by atoms with Crippen molar-refractivity contribution in [3.05, 3.63) is 40.2 Å². The molecule has 2 heterocycles. The fraction of sp³-hybridized carbons (Fsp3) is 0.438.